The smallest absolute Gasteiger partial charge is 0.244 e. The van der Waals surface area contributed by atoms with Gasteiger partial charge in [0.1, 0.15) is 17.7 Å². The first-order valence-electron chi connectivity index (χ1n) is 10.9. The largest absolute Gasteiger partial charge is 0.473 e. The quantitative estimate of drug-likeness (QED) is 0.453. The molecule has 1 saturated heterocycles. The van der Waals surface area contributed by atoms with Gasteiger partial charge >= 0.3 is 0 Å². The molecule has 3 aromatic heterocycles. The van der Waals surface area contributed by atoms with Gasteiger partial charge in [0.2, 0.25) is 11.8 Å². The van der Waals surface area contributed by atoms with Gasteiger partial charge in [-0.3, -0.25) is 10.00 Å². The molecule has 3 atom stereocenters. The SMILES string of the molecule is CC1CC(Oc2c(-c3cn[nH]c3)ncc3nc(N[C@H]4CCN(CS(=O)O)C[C@H]4C)nn23)C1. The Balaban J connectivity index is 1.39. The van der Waals surface area contributed by atoms with Crippen LogP contribution in [0.3, 0.4) is 0 Å². The summed E-state index contributed by atoms with van der Waals surface area (Å²) < 4.78 is 28.3. The molecular weight excluding hydrogens is 432 g/mol. The molecule has 5 rings (SSSR count). The van der Waals surface area contributed by atoms with Crippen LogP contribution in [0.25, 0.3) is 16.9 Å². The number of likely N-dealkylation sites (tertiary alicyclic amines) is 1. The minimum atomic E-state index is -1.81. The Morgan fingerprint density at radius 2 is 2.19 bits per heavy atom. The zero-order valence-electron chi connectivity index (χ0n) is 18.1. The first-order chi connectivity index (χ1) is 15.5. The maximum atomic E-state index is 11.1. The lowest BCUT2D eigenvalue weighted by Gasteiger charge is -2.36. The van der Waals surface area contributed by atoms with Gasteiger partial charge in [0.15, 0.2) is 16.7 Å². The van der Waals surface area contributed by atoms with Gasteiger partial charge < -0.3 is 14.6 Å². The van der Waals surface area contributed by atoms with Crippen molar-refractivity contribution in [1.29, 1.82) is 0 Å². The van der Waals surface area contributed by atoms with Crippen LogP contribution in [0.2, 0.25) is 0 Å². The molecule has 1 saturated carbocycles. The number of hydrogen-bond acceptors (Lipinski definition) is 8. The molecular formula is C20H28N8O3S. The van der Waals surface area contributed by atoms with Crippen LogP contribution < -0.4 is 10.1 Å². The van der Waals surface area contributed by atoms with Gasteiger partial charge in [-0.15, -0.1) is 5.10 Å². The van der Waals surface area contributed by atoms with E-state index in [1.807, 2.05) is 4.90 Å². The average Bonchev–Trinajstić information content (AvgIpc) is 3.38. The van der Waals surface area contributed by atoms with Gasteiger partial charge in [-0.25, -0.2) is 9.19 Å². The zero-order chi connectivity index (χ0) is 22.2. The van der Waals surface area contributed by atoms with Gasteiger partial charge in [-0.1, -0.05) is 13.8 Å². The van der Waals surface area contributed by atoms with Gasteiger partial charge in [-0.05, 0) is 31.1 Å². The topological polar surface area (TPSA) is 134 Å². The third-order valence-electron chi connectivity index (χ3n) is 6.31. The minimum absolute atomic E-state index is 0.144. The first kappa shape index (κ1) is 21.3. The van der Waals surface area contributed by atoms with Crippen LogP contribution in [0.4, 0.5) is 5.95 Å². The van der Waals surface area contributed by atoms with Crippen molar-refractivity contribution >= 4 is 22.7 Å². The standard InChI is InChI=1S/C20H28N8O3S/c1-12-5-15(6-12)31-19-18(14-7-22-23-8-14)21-9-17-25-20(26-28(17)19)24-16-3-4-27(10-13(16)2)11-32(29)30/h7-9,12-13,15-16H,3-6,10-11H2,1-2H3,(H,22,23)(H,24,26)(H,29,30)/t12?,13-,15?,16+/m1/s1. The molecule has 172 valence electrons. The lowest BCUT2D eigenvalue weighted by Crippen LogP contribution is -2.46. The van der Waals surface area contributed by atoms with Crippen molar-refractivity contribution in [2.75, 3.05) is 24.3 Å². The van der Waals surface area contributed by atoms with Gasteiger partial charge in [0, 0.05) is 30.9 Å². The summed E-state index contributed by atoms with van der Waals surface area (Å²) >= 11 is -1.81. The molecule has 0 spiro atoms. The van der Waals surface area contributed by atoms with Gasteiger partial charge in [-0.2, -0.15) is 14.6 Å². The van der Waals surface area contributed by atoms with Crippen LogP contribution in [-0.4, -0.2) is 74.6 Å². The molecule has 0 amide bonds. The maximum Gasteiger partial charge on any atom is 0.244 e. The lowest BCUT2D eigenvalue weighted by molar-refractivity contribution is 0.0676. The normalized spacial score (nSPS) is 27.2. The zero-order valence-corrected chi connectivity index (χ0v) is 19.0. The monoisotopic (exact) mass is 460 g/mol. The Morgan fingerprint density at radius 1 is 1.34 bits per heavy atom. The van der Waals surface area contributed by atoms with Crippen LogP contribution in [0.15, 0.2) is 18.6 Å². The van der Waals surface area contributed by atoms with Crippen molar-refractivity contribution in [3.63, 3.8) is 0 Å². The van der Waals surface area contributed by atoms with E-state index in [0.717, 1.165) is 37.9 Å². The molecule has 12 heteroatoms. The minimum Gasteiger partial charge on any atom is -0.473 e. The van der Waals surface area contributed by atoms with Crippen LogP contribution in [-0.2, 0) is 11.1 Å². The predicted molar refractivity (Wildman–Crippen MR) is 120 cm³/mol. The molecule has 0 bridgehead atoms. The van der Waals surface area contributed by atoms with Crippen molar-refractivity contribution in [3.05, 3.63) is 18.6 Å². The summed E-state index contributed by atoms with van der Waals surface area (Å²) in [6.45, 7) is 5.85. The van der Waals surface area contributed by atoms with Crippen LogP contribution >= 0.6 is 0 Å². The van der Waals surface area contributed by atoms with E-state index in [1.54, 1.807) is 23.1 Å². The van der Waals surface area contributed by atoms with Crippen LogP contribution in [0, 0.1) is 11.8 Å². The molecule has 0 aromatic carbocycles. The fraction of sp³-hybridized carbons (Fsp3) is 0.600. The highest BCUT2D eigenvalue weighted by molar-refractivity contribution is 7.79. The molecule has 11 nitrogen and oxygen atoms in total. The van der Waals surface area contributed by atoms with Crippen molar-refractivity contribution < 1.29 is 13.5 Å². The Labute approximate surface area is 188 Å². The van der Waals surface area contributed by atoms with E-state index in [1.165, 1.54) is 0 Å². The molecule has 4 heterocycles. The molecule has 2 fully saturated rings. The average molecular weight is 461 g/mol. The summed E-state index contributed by atoms with van der Waals surface area (Å²) in [6, 6.07) is 0.175. The summed E-state index contributed by atoms with van der Waals surface area (Å²) in [5.41, 5.74) is 2.13. The molecule has 2 aliphatic rings. The number of rotatable bonds is 7. The van der Waals surface area contributed by atoms with E-state index in [9.17, 15) is 4.21 Å². The van der Waals surface area contributed by atoms with Crippen molar-refractivity contribution in [1.82, 2.24) is 34.7 Å². The molecule has 3 N–H and O–H groups in total. The first-order valence-corrected chi connectivity index (χ1v) is 12.2. The summed E-state index contributed by atoms with van der Waals surface area (Å²) in [7, 11) is 0. The van der Waals surface area contributed by atoms with E-state index in [0.29, 0.717) is 29.1 Å². The fourth-order valence-electron chi connectivity index (χ4n) is 4.55. The van der Waals surface area contributed by atoms with E-state index in [-0.39, 0.29) is 23.9 Å². The molecule has 32 heavy (non-hydrogen) atoms. The van der Waals surface area contributed by atoms with Gasteiger partial charge in [0.25, 0.3) is 0 Å². The number of hydrogen-bond donors (Lipinski definition) is 3. The second-order valence-electron chi connectivity index (χ2n) is 8.97. The predicted octanol–water partition coefficient (Wildman–Crippen LogP) is 1.99. The summed E-state index contributed by atoms with van der Waals surface area (Å²) in [6.07, 6.45) is 8.20. The van der Waals surface area contributed by atoms with E-state index >= 15 is 0 Å². The van der Waals surface area contributed by atoms with Crippen molar-refractivity contribution in [2.24, 2.45) is 11.8 Å². The highest BCUT2D eigenvalue weighted by Crippen LogP contribution is 2.35. The van der Waals surface area contributed by atoms with Crippen LogP contribution in [0.1, 0.15) is 33.1 Å². The van der Waals surface area contributed by atoms with Crippen molar-refractivity contribution in [3.8, 4) is 17.1 Å². The Kier molecular flexibility index (Phi) is 5.82. The van der Waals surface area contributed by atoms with Crippen molar-refractivity contribution in [2.45, 2.75) is 45.3 Å². The number of piperidine rings is 1. The third-order valence-corrected chi connectivity index (χ3v) is 6.90. The lowest BCUT2D eigenvalue weighted by atomic mass is 9.84. The number of nitrogens with one attached hydrogen (secondary N) is 2. The number of nitrogens with zero attached hydrogens (tertiary/aromatic N) is 6. The van der Waals surface area contributed by atoms with E-state index in [2.05, 4.69) is 39.3 Å². The molecule has 1 aliphatic carbocycles. The number of H-pyrrole nitrogens is 1. The molecule has 3 aromatic rings. The second kappa shape index (κ2) is 8.75. The molecule has 1 unspecified atom stereocenters. The fourth-order valence-corrected chi connectivity index (χ4v) is 5.10. The highest BCUT2D eigenvalue weighted by Gasteiger charge is 2.31. The Bertz CT molecular complexity index is 1100. The Hall–Kier alpha value is -2.57. The summed E-state index contributed by atoms with van der Waals surface area (Å²) in [5, 5.41) is 15.0. The number of aromatic nitrogens is 6. The number of ether oxygens (including phenoxy) is 1. The van der Waals surface area contributed by atoms with Gasteiger partial charge in [0.05, 0.1) is 12.4 Å². The van der Waals surface area contributed by atoms with E-state index in [4.69, 9.17) is 14.4 Å². The highest BCUT2D eigenvalue weighted by atomic mass is 32.2. The maximum absolute atomic E-state index is 11.1. The number of aromatic amines is 1. The second-order valence-corrected chi connectivity index (χ2v) is 9.87. The molecule has 0 radical (unpaired) electrons. The van der Waals surface area contributed by atoms with E-state index < -0.39 is 11.1 Å². The number of anilines is 1. The summed E-state index contributed by atoms with van der Waals surface area (Å²) in [5.74, 6) is 2.24. The Morgan fingerprint density at radius 3 is 2.88 bits per heavy atom. The third kappa shape index (κ3) is 4.34. The number of fused-ring (bicyclic) bond motifs is 1. The van der Waals surface area contributed by atoms with Crippen LogP contribution in [0.5, 0.6) is 5.88 Å². The summed E-state index contributed by atoms with van der Waals surface area (Å²) in [4.78, 5) is 11.2. The molecule has 1 aliphatic heterocycles.